The largest absolute Gasteiger partial charge is 0.459 e. The summed E-state index contributed by atoms with van der Waals surface area (Å²) in [6.07, 6.45) is 11.2. The van der Waals surface area contributed by atoms with Crippen LogP contribution in [-0.4, -0.2) is 78.1 Å². The molecular weight excluding hydrogens is 797 g/mol. The summed E-state index contributed by atoms with van der Waals surface area (Å²) in [6, 6.07) is 26.2. The molecule has 1 amide bonds. The molecule has 11 heteroatoms. The van der Waals surface area contributed by atoms with Gasteiger partial charge in [-0.05, 0) is 103 Å². The second-order valence-corrected chi connectivity index (χ2v) is 16.4. The molecule has 1 fully saturated rings. The summed E-state index contributed by atoms with van der Waals surface area (Å²) in [5, 5.41) is 26.8. The van der Waals surface area contributed by atoms with Crippen molar-refractivity contribution in [3.63, 3.8) is 0 Å². The maximum Gasteiger partial charge on any atom is 0.410 e. The van der Waals surface area contributed by atoms with E-state index >= 15 is 0 Å². The number of unbranched alkanes of at least 4 members (excludes halogenated alkanes) is 2. The van der Waals surface area contributed by atoms with E-state index in [1.807, 2.05) is 55.5 Å². The number of ether oxygens (including phenoxy) is 4. The van der Waals surface area contributed by atoms with E-state index in [-0.39, 0.29) is 57.1 Å². The Hall–Kier alpha value is -5.75. The average molecular weight is 857 g/mol. The SMILES string of the molecule is C=CCCOC(=O)N(Cc1cccc2ccccc12)C1CC(=NOCC)C2=CC(CCCCO)C(CCCCO)C3c4cc(Oc5cccc(C=O)c5)ccc4OC1(OCC=C)C23. The third-order valence-corrected chi connectivity index (χ3v) is 12.6. The Labute approximate surface area is 370 Å². The van der Waals surface area contributed by atoms with Crippen LogP contribution in [0.15, 0.2) is 127 Å². The third-order valence-electron chi connectivity index (χ3n) is 12.6. The van der Waals surface area contributed by atoms with Crippen molar-refractivity contribution in [1.29, 1.82) is 0 Å². The smallest absolute Gasteiger partial charge is 0.410 e. The Morgan fingerprint density at radius 1 is 0.937 bits per heavy atom. The number of hydrogen-bond acceptors (Lipinski definition) is 10. The molecule has 3 aliphatic rings. The Bertz CT molecular complexity index is 2280. The Balaban J connectivity index is 1.46. The maximum absolute atomic E-state index is 14.8. The first kappa shape index (κ1) is 45.3. The molecule has 0 saturated heterocycles. The number of fused-ring (bicyclic) bond motifs is 3. The number of allylic oxidation sites excluding steroid dienone is 1. The van der Waals surface area contributed by atoms with E-state index in [1.165, 1.54) is 0 Å². The molecule has 1 saturated carbocycles. The first-order chi connectivity index (χ1) is 30.9. The first-order valence-corrected chi connectivity index (χ1v) is 22.3. The van der Waals surface area contributed by atoms with Crippen LogP contribution < -0.4 is 9.47 Å². The zero-order valence-corrected chi connectivity index (χ0v) is 36.2. The van der Waals surface area contributed by atoms with Gasteiger partial charge in [-0.15, -0.1) is 13.2 Å². The molecule has 6 atom stereocenters. The second kappa shape index (κ2) is 21.6. The number of amides is 1. The number of aliphatic hydroxyl groups excluding tert-OH is 2. The van der Waals surface area contributed by atoms with Gasteiger partial charge in [0.2, 0.25) is 5.79 Å². The number of carbonyl (C=O) groups is 2. The fraction of sp³-hybridized carbons (Fsp3) is 0.404. The van der Waals surface area contributed by atoms with Crippen LogP contribution in [-0.2, 0) is 20.9 Å². The number of aldehydes is 1. The monoisotopic (exact) mass is 856 g/mol. The van der Waals surface area contributed by atoms with Crippen molar-refractivity contribution in [3.05, 3.63) is 139 Å². The van der Waals surface area contributed by atoms with Gasteiger partial charge in [-0.2, -0.15) is 0 Å². The molecule has 0 spiro atoms. The standard InChI is InChI=1S/C52H60N2O9/c1-4-7-29-59-51(58)54(34-39-20-15-19-37-17-8-9-22-42(37)39)48-33-46(53-61-6-3)44-31-38(18-10-12-26-55)43(23-11-13-27-56)49-45-32-41(62-40-21-14-16-36(30-40)35-57)24-25-47(45)63-52(48,50(44)49)60-28-5-2/h4-5,8-9,14-17,19-22,24-25,30-32,35,38,43,48-50,55-56H,1-2,6-7,10-13,18,23,26-29,33-34H2,3H3. The Kier molecular flexibility index (Phi) is 15.5. The van der Waals surface area contributed by atoms with Gasteiger partial charge in [0.1, 0.15) is 36.2 Å². The quantitative estimate of drug-likeness (QED) is 0.0343. The summed E-state index contributed by atoms with van der Waals surface area (Å²) < 4.78 is 27.1. The number of hydrogen-bond donors (Lipinski definition) is 2. The predicted octanol–water partition coefficient (Wildman–Crippen LogP) is 10.3. The predicted molar refractivity (Wildman–Crippen MR) is 244 cm³/mol. The molecule has 332 valence electrons. The molecule has 11 nitrogen and oxygen atoms in total. The molecule has 6 unspecified atom stereocenters. The van der Waals surface area contributed by atoms with Crippen LogP contribution in [0.1, 0.15) is 85.7 Å². The normalized spacial score (nSPS) is 22.8. The summed E-state index contributed by atoms with van der Waals surface area (Å²) >= 11 is 0. The minimum absolute atomic E-state index is 0.0187. The van der Waals surface area contributed by atoms with Gasteiger partial charge in [-0.25, -0.2) is 4.79 Å². The lowest BCUT2D eigenvalue weighted by Crippen LogP contribution is -2.70. The lowest BCUT2D eigenvalue weighted by atomic mass is 9.55. The zero-order valence-electron chi connectivity index (χ0n) is 36.2. The number of carbonyl (C=O) groups excluding carboxylic acids is 2. The van der Waals surface area contributed by atoms with Crippen molar-refractivity contribution in [1.82, 2.24) is 4.90 Å². The molecule has 1 heterocycles. The van der Waals surface area contributed by atoms with Gasteiger partial charge >= 0.3 is 6.09 Å². The number of benzene rings is 4. The molecule has 4 aromatic carbocycles. The molecule has 0 aromatic heterocycles. The number of rotatable bonds is 22. The molecule has 0 radical (unpaired) electrons. The van der Waals surface area contributed by atoms with Gasteiger partial charge < -0.3 is 34.0 Å². The third kappa shape index (κ3) is 9.91. The molecule has 63 heavy (non-hydrogen) atoms. The molecular formula is C52H60N2O9. The topological polar surface area (TPSA) is 136 Å². The van der Waals surface area contributed by atoms with Gasteiger partial charge in [0.05, 0.1) is 31.4 Å². The minimum atomic E-state index is -1.48. The van der Waals surface area contributed by atoms with Crippen LogP contribution in [0.25, 0.3) is 10.8 Å². The molecule has 0 bridgehead atoms. The van der Waals surface area contributed by atoms with E-state index in [0.717, 1.165) is 59.4 Å². The van der Waals surface area contributed by atoms with Crippen molar-refractivity contribution in [3.8, 4) is 17.2 Å². The molecule has 2 N–H and O–H groups in total. The van der Waals surface area contributed by atoms with Crippen molar-refractivity contribution in [2.45, 2.75) is 82.6 Å². The van der Waals surface area contributed by atoms with Gasteiger partial charge in [-0.3, -0.25) is 9.69 Å². The average Bonchev–Trinajstić information content (AvgIpc) is 3.30. The number of nitrogens with zero attached hydrogens (tertiary/aromatic N) is 2. The van der Waals surface area contributed by atoms with Gasteiger partial charge in [-0.1, -0.05) is 90.8 Å². The van der Waals surface area contributed by atoms with Gasteiger partial charge in [0.15, 0.2) is 0 Å². The Morgan fingerprint density at radius 3 is 2.49 bits per heavy atom. The van der Waals surface area contributed by atoms with E-state index in [0.29, 0.717) is 54.4 Å². The zero-order chi connectivity index (χ0) is 44.2. The van der Waals surface area contributed by atoms with Gasteiger partial charge in [0.25, 0.3) is 0 Å². The fourth-order valence-electron chi connectivity index (χ4n) is 9.87. The first-order valence-electron chi connectivity index (χ1n) is 22.3. The molecule has 1 aliphatic heterocycles. The molecule has 2 aliphatic carbocycles. The highest BCUT2D eigenvalue weighted by Gasteiger charge is 2.65. The van der Waals surface area contributed by atoms with Crippen LogP contribution in [0.2, 0.25) is 0 Å². The van der Waals surface area contributed by atoms with Crippen LogP contribution in [0.5, 0.6) is 17.2 Å². The van der Waals surface area contributed by atoms with Crippen LogP contribution >= 0.6 is 0 Å². The van der Waals surface area contributed by atoms with E-state index in [1.54, 1.807) is 35.3 Å². The van der Waals surface area contributed by atoms with E-state index in [9.17, 15) is 19.8 Å². The number of aliphatic hydroxyl groups is 2. The fourth-order valence-corrected chi connectivity index (χ4v) is 9.87. The van der Waals surface area contributed by atoms with Gasteiger partial charge in [0, 0.05) is 36.7 Å². The van der Waals surface area contributed by atoms with Crippen molar-refractivity contribution < 1.29 is 43.6 Å². The lowest BCUT2D eigenvalue weighted by Gasteiger charge is -2.59. The second-order valence-electron chi connectivity index (χ2n) is 16.4. The summed E-state index contributed by atoms with van der Waals surface area (Å²) in [6.45, 7) is 10.8. The van der Waals surface area contributed by atoms with E-state index in [4.69, 9.17) is 28.9 Å². The van der Waals surface area contributed by atoms with Crippen LogP contribution in [0.4, 0.5) is 4.79 Å². The highest BCUT2D eigenvalue weighted by atomic mass is 16.7. The summed E-state index contributed by atoms with van der Waals surface area (Å²) in [7, 11) is 0. The maximum atomic E-state index is 14.8. The van der Waals surface area contributed by atoms with Crippen LogP contribution in [0.3, 0.4) is 0 Å². The Morgan fingerprint density at radius 2 is 1.71 bits per heavy atom. The minimum Gasteiger partial charge on any atom is -0.459 e. The lowest BCUT2D eigenvalue weighted by molar-refractivity contribution is -0.256. The highest BCUT2D eigenvalue weighted by molar-refractivity contribution is 6.03. The summed E-state index contributed by atoms with van der Waals surface area (Å²) in [5.41, 5.74) is 3.98. The van der Waals surface area contributed by atoms with Crippen molar-refractivity contribution in [2.75, 3.05) is 33.0 Å². The van der Waals surface area contributed by atoms with E-state index in [2.05, 4.69) is 37.4 Å². The van der Waals surface area contributed by atoms with Crippen LogP contribution in [0, 0.1) is 17.8 Å². The van der Waals surface area contributed by atoms with E-state index < -0.39 is 23.8 Å². The highest BCUT2D eigenvalue weighted by Crippen LogP contribution is 2.62. The number of oxime groups is 1. The summed E-state index contributed by atoms with van der Waals surface area (Å²) in [5.74, 6) is -0.483. The summed E-state index contributed by atoms with van der Waals surface area (Å²) in [4.78, 5) is 34.2. The molecule has 4 aromatic rings. The van der Waals surface area contributed by atoms with Crippen molar-refractivity contribution in [2.24, 2.45) is 22.9 Å². The van der Waals surface area contributed by atoms with Crippen molar-refractivity contribution >= 4 is 28.9 Å². The molecule has 7 rings (SSSR count).